The number of nitrogens with zero attached hydrogens (tertiary/aromatic N) is 3. The smallest absolute Gasteiger partial charge is 0.251 e. The first-order chi connectivity index (χ1) is 14.5. The summed E-state index contributed by atoms with van der Waals surface area (Å²) in [6.45, 7) is 1.77. The van der Waals surface area contributed by atoms with Crippen LogP contribution < -0.4 is 11.1 Å². The van der Waals surface area contributed by atoms with Gasteiger partial charge in [-0.05, 0) is 38.2 Å². The molecule has 3 N–H and O–H groups in total. The normalized spacial score (nSPS) is 14.0. The van der Waals surface area contributed by atoms with Gasteiger partial charge in [0.2, 0.25) is 11.1 Å². The summed E-state index contributed by atoms with van der Waals surface area (Å²) < 4.78 is 0. The van der Waals surface area contributed by atoms with E-state index in [1.165, 1.54) is 23.1 Å². The number of thiophene rings is 1. The largest absolute Gasteiger partial charge is 0.365 e. The lowest BCUT2D eigenvalue weighted by molar-refractivity contribution is -0.115. The van der Waals surface area contributed by atoms with Crippen LogP contribution in [0.5, 0.6) is 0 Å². The third-order valence-electron chi connectivity index (χ3n) is 4.92. The van der Waals surface area contributed by atoms with Gasteiger partial charge in [0.15, 0.2) is 0 Å². The Morgan fingerprint density at radius 3 is 2.63 bits per heavy atom. The predicted octanol–water partition coefficient (Wildman–Crippen LogP) is 3.70. The van der Waals surface area contributed by atoms with Gasteiger partial charge in [0.1, 0.15) is 10.7 Å². The fourth-order valence-corrected chi connectivity index (χ4v) is 5.38. The number of carbonyl (C=O) groups is 2. The maximum Gasteiger partial charge on any atom is 0.251 e. The molecular formula is C21H21N5O2S2. The molecule has 2 aromatic heterocycles. The zero-order chi connectivity index (χ0) is 21.1. The molecule has 1 atom stereocenters. The molecule has 1 aliphatic rings. The quantitative estimate of drug-likeness (QED) is 0.567. The molecule has 4 rings (SSSR count). The van der Waals surface area contributed by atoms with Gasteiger partial charge < -0.3 is 11.1 Å². The summed E-state index contributed by atoms with van der Waals surface area (Å²) in [5, 5.41) is 11.7. The van der Waals surface area contributed by atoms with Gasteiger partial charge in [0, 0.05) is 10.4 Å². The summed E-state index contributed by atoms with van der Waals surface area (Å²) in [7, 11) is 0. The number of nitrogens with one attached hydrogen (secondary N) is 1. The van der Waals surface area contributed by atoms with E-state index in [0.29, 0.717) is 21.4 Å². The van der Waals surface area contributed by atoms with E-state index in [0.717, 1.165) is 41.7 Å². The number of benzene rings is 1. The number of aryl methyl sites for hydroxylation is 1. The van der Waals surface area contributed by atoms with Crippen molar-refractivity contribution in [1.29, 1.82) is 0 Å². The van der Waals surface area contributed by atoms with Crippen molar-refractivity contribution in [2.45, 2.75) is 43.0 Å². The van der Waals surface area contributed by atoms with Crippen LogP contribution in [0.4, 0.5) is 5.00 Å². The highest BCUT2D eigenvalue weighted by atomic mass is 32.2. The number of primary amides is 1. The molecule has 0 bridgehead atoms. The van der Waals surface area contributed by atoms with E-state index in [2.05, 4.69) is 20.5 Å². The minimum Gasteiger partial charge on any atom is -0.365 e. The van der Waals surface area contributed by atoms with Gasteiger partial charge in [-0.15, -0.1) is 21.5 Å². The highest BCUT2D eigenvalue weighted by molar-refractivity contribution is 8.00. The Hall–Kier alpha value is -2.78. The molecule has 0 saturated heterocycles. The molecule has 1 aromatic carbocycles. The fraction of sp³-hybridized carbons (Fsp3) is 0.286. The number of hydrogen-bond donors (Lipinski definition) is 2. The van der Waals surface area contributed by atoms with Crippen molar-refractivity contribution >= 4 is 39.9 Å². The highest BCUT2D eigenvalue weighted by Gasteiger charge is 2.26. The Morgan fingerprint density at radius 1 is 1.17 bits per heavy atom. The second-order valence-electron chi connectivity index (χ2n) is 7.02. The van der Waals surface area contributed by atoms with Crippen LogP contribution in [0, 0.1) is 0 Å². The van der Waals surface area contributed by atoms with E-state index in [4.69, 9.17) is 5.73 Å². The average molecular weight is 440 g/mol. The van der Waals surface area contributed by atoms with Crippen LogP contribution >= 0.6 is 23.1 Å². The van der Waals surface area contributed by atoms with E-state index >= 15 is 0 Å². The van der Waals surface area contributed by atoms with Gasteiger partial charge in [0.05, 0.1) is 17.0 Å². The molecule has 0 spiro atoms. The second-order valence-corrected chi connectivity index (χ2v) is 9.43. The maximum absolute atomic E-state index is 12.7. The summed E-state index contributed by atoms with van der Waals surface area (Å²) in [5.41, 5.74) is 8.67. The second kappa shape index (κ2) is 8.93. The first kappa shape index (κ1) is 20.5. The van der Waals surface area contributed by atoms with Crippen molar-refractivity contribution in [1.82, 2.24) is 15.2 Å². The molecule has 0 aliphatic heterocycles. The number of nitrogens with two attached hydrogens (primary N) is 1. The molecule has 3 aromatic rings. The zero-order valence-corrected chi connectivity index (χ0v) is 18.1. The first-order valence-electron chi connectivity index (χ1n) is 9.70. The third kappa shape index (κ3) is 4.36. The number of aromatic nitrogens is 3. The van der Waals surface area contributed by atoms with Crippen molar-refractivity contribution in [2.75, 3.05) is 5.32 Å². The Labute approximate surface area is 182 Å². The molecule has 1 aliphatic carbocycles. The topological polar surface area (TPSA) is 111 Å². The van der Waals surface area contributed by atoms with E-state index in [1.807, 2.05) is 30.3 Å². The highest BCUT2D eigenvalue weighted by Crippen LogP contribution is 2.38. The lowest BCUT2D eigenvalue weighted by Crippen LogP contribution is -2.24. The molecule has 0 radical (unpaired) electrons. The summed E-state index contributed by atoms with van der Waals surface area (Å²) in [6.07, 6.45) is 5.53. The van der Waals surface area contributed by atoms with Crippen LogP contribution in [0.1, 0.15) is 40.6 Å². The van der Waals surface area contributed by atoms with Gasteiger partial charge in [-0.3, -0.25) is 9.59 Å². The summed E-state index contributed by atoms with van der Waals surface area (Å²) in [6, 6.07) is 9.66. The van der Waals surface area contributed by atoms with E-state index < -0.39 is 11.2 Å². The van der Waals surface area contributed by atoms with Gasteiger partial charge >= 0.3 is 0 Å². The Balaban J connectivity index is 1.45. The number of carbonyl (C=O) groups excluding carboxylic acids is 2. The van der Waals surface area contributed by atoms with Crippen molar-refractivity contribution < 1.29 is 9.59 Å². The molecule has 2 amide bonds. The molecule has 7 nitrogen and oxygen atoms in total. The number of amides is 2. The minimum absolute atomic E-state index is 0.225. The van der Waals surface area contributed by atoms with E-state index in [9.17, 15) is 9.59 Å². The number of anilines is 1. The summed E-state index contributed by atoms with van der Waals surface area (Å²) in [5.74, 6) is -0.717. The van der Waals surface area contributed by atoms with Gasteiger partial charge in [-0.25, -0.2) is 4.98 Å². The first-order valence-corrected chi connectivity index (χ1v) is 11.4. The zero-order valence-electron chi connectivity index (χ0n) is 16.4. The molecule has 2 heterocycles. The average Bonchev–Trinajstić information content (AvgIpc) is 3.13. The predicted molar refractivity (Wildman–Crippen MR) is 119 cm³/mol. The number of rotatable bonds is 6. The standard InChI is InChI=1S/C21H21N5O2S2/c1-12(29-21-23-11-15(25-26-21)13-7-3-2-4-8-13)19(28)24-20-17(18(22)27)14-9-5-6-10-16(14)30-20/h2-4,7-8,11-12H,5-6,9-10H2,1H3,(H2,22,27)(H,24,28)/t12-/m1/s1. The molecule has 0 unspecified atom stereocenters. The van der Waals surface area contributed by atoms with Crippen molar-refractivity contribution in [3.8, 4) is 11.3 Å². The molecule has 9 heteroatoms. The van der Waals surface area contributed by atoms with Crippen LogP contribution in [0.3, 0.4) is 0 Å². The van der Waals surface area contributed by atoms with Gasteiger partial charge in [-0.2, -0.15) is 0 Å². The van der Waals surface area contributed by atoms with Crippen LogP contribution in [0.15, 0.2) is 41.7 Å². The molecule has 154 valence electrons. The van der Waals surface area contributed by atoms with Gasteiger partial charge in [-0.1, -0.05) is 42.1 Å². The van der Waals surface area contributed by atoms with Crippen molar-refractivity contribution in [3.63, 3.8) is 0 Å². The third-order valence-corrected chi connectivity index (χ3v) is 7.09. The molecule has 30 heavy (non-hydrogen) atoms. The number of hydrogen-bond acceptors (Lipinski definition) is 7. The van der Waals surface area contributed by atoms with Crippen LogP contribution in [-0.4, -0.2) is 32.2 Å². The minimum atomic E-state index is -0.492. The lowest BCUT2D eigenvalue weighted by atomic mass is 9.95. The van der Waals surface area contributed by atoms with Crippen LogP contribution in [-0.2, 0) is 17.6 Å². The molecule has 0 saturated carbocycles. The summed E-state index contributed by atoms with van der Waals surface area (Å²) >= 11 is 2.67. The SMILES string of the molecule is C[C@@H](Sc1ncc(-c2ccccc2)nn1)C(=O)Nc1sc2c(c1C(N)=O)CCCC2. The Kier molecular flexibility index (Phi) is 6.10. The Bertz CT molecular complexity index is 1070. The number of thioether (sulfide) groups is 1. The summed E-state index contributed by atoms with van der Waals surface area (Å²) in [4.78, 5) is 30.2. The molecule has 0 fully saturated rings. The van der Waals surface area contributed by atoms with Crippen LogP contribution in [0.2, 0.25) is 0 Å². The van der Waals surface area contributed by atoms with Gasteiger partial charge in [0.25, 0.3) is 5.91 Å². The number of fused-ring (bicyclic) bond motifs is 1. The molecular weight excluding hydrogens is 418 g/mol. The monoisotopic (exact) mass is 439 g/mol. The fourth-order valence-electron chi connectivity index (χ4n) is 3.40. The van der Waals surface area contributed by atoms with E-state index in [1.54, 1.807) is 13.1 Å². The van der Waals surface area contributed by atoms with Crippen molar-refractivity contribution in [3.05, 3.63) is 52.5 Å². The van der Waals surface area contributed by atoms with Crippen LogP contribution in [0.25, 0.3) is 11.3 Å². The van der Waals surface area contributed by atoms with E-state index in [-0.39, 0.29) is 5.91 Å². The van der Waals surface area contributed by atoms with Crippen molar-refractivity contribution in [2.24, 2.45) is 5.73 Å². The lowest BCUT2D eigenvalue weighted by Gasteiger charge is -2.12. The maximum atomic E-state index is 12.7. The Morgan fingerprint density at radius 2 is 1.93 bits per heavy atom.